The van der Waals surface area contributed by atoms with E-state index in [1.54, 1.807) is 11.3 Å². The van der Waals surface area contributed by atoms with Crippen LogP contribution in [-0.4, -0.2) is 17.5 Å². The molecular formula is C13H20F2N2S. The van der Waals surface area contributed by atoms with Crippen LogP contribution in [0, 0.1) is 5.92 Å². The van der Waals surface area contributed by atoms with Crippen LogP contribution in [0.5, 0.6) is 0 Å². The molecule has 0 bridgehead atoms. The third-order valence-electron chi connectivity index (χ3n) is 3.51. The molecule has 0 saturated heterocycles. The minimum Gasteiger partial charge on any atom is -0.308 e. The predicted octanol–water partition coefficient (Wildman–Crippen LogP) is 3.79. The summed E-state index contributed by atoms with van der Waals surface area (Å²) < 4.78 is 26.1. The van der Waals surface area contributed by atoms with E-state index in [9.17, 15) is 8.78 Å². The summed E-state index contributed by atoms with van der Waals surface area (Å²) in [5.74, 6) is -2.33. The third kappa shape index (κ3) is 3.48. The molecule has 0 aliphatic heterocycles. The largest absolute Gasteiger partial charge is 0.308 e. The molecule has 1 aliphatic carbocycles. The molecule has 18 heavy (non-hydrogen) atoms. The molecule has 0 aromatic carbocycles. The summed E-state index contributed by atoms with van der Waals surface area (Å²) in [5, 5.41) is 4.38. The van der Waals surface area contributed by atoms with Crippen molar-refractivity contribution in [2.75, 3.05) is 6.54 Å². The zero-order valence-electron chi connectivity index (χ0n) is 10.9. The number of alkyl halides is 2. The highest BCUT2D eigenvalue weighted by Crippen LogP contribution is 2.38. The number of halogens is 2. The molecule has 1 N–H and O–H groups in total. The molecule has 1 saturated carbocycles. The molecule has 1 aromatic rings. The van der Waals surface area contributed by atoms with Crippen molar-refractivity contribution in [1.29, 1.82) is 0 Å². The van der Waals surface area contributed by atoms with Gasteiger partial charge in [0.25, 0.3) is 0 Å². The second kappa shape index (κ2) is 5.61. The van der Waals surface area contributed by atoms with Crippen molar-refractivity contribution in [1.82, 2.24) is 10.3 Å². The number of nitrogens with zero attached hydrogens (tertiary/aromatic N) is 1. The molecular weight excluding hydrogens is 254 g/mol. The van der Waals surface area contributed by atoms with Crippen LogP contribution in [0.25, 0.3) is 0 Å². The van der Waals surface area contributed by atoms with Gasteiger partial charge in [-0.3, -0.25) is 0 Å². The molecule has 1 aromatic heterocycles. The standard InChI is InChI=1S/C13H20F2N2S/c1-3-11-8-17-12(18-11)9(2)16-7-10-4-5-13(14,15)6-10/h8-10,16H,3-7H2,1-2H3. The lowest BCUT2D eigenvalue weighted by Crippen LogP contribution is -2.25. The summed E-state index contributed by atoms with van der Waals surface area (Å²) >= 11 is 1.70. The van der Waals surface area contributed by atoms with E-state index in [4.69, 9.17) is 0 Å². The average Bonchev–Trinajstić information content (AvgIpc) is 2.92. The third-order valence-corrected chi connectivity index (χ3v) is 4.83. The topological polar surface area (TPSA) is 24.9 Å². The van der Waals surface area contributed by atoms with Crippen molar-refractivity contribution in [2.24, 2.45) is 5.92 Å². The van der Waals surface area contributed by atoms with Gasteiger partial charge in [-0.2, -0.15) is 0 Å². The highest BCUT2D eigenvalue weighted by Gasteiger charge is 2.39. The average molecular weight is 274 g/mol. The molecule has 1 heterocycles. The first kappa shape index (κ1) is 13.9. The quantitative estimate of drug-likeness (QED) is 0.883. The van der Waals surface area contributed by atoms with Crippen LogP contribution in [-0.2, 0) is 6.42 Å². The van der Waals surface area contributed by atoms with E-state index in [1.165, 1.54) is 4.88 Å². The van der Waals surface area contributed by atoms with E-state index < -0.39 is 5.92 Å². The Morgan fingerprint density at radius 1 is 1.61 bits per heavy atom. The molecule has 1 aliphatic rings. The second-order valence-electron chi connectivity index (χ2n) is 5.11. The molecule has 2 unspecified atom stereocenters. The number of aryl methyl sites for hydroxylation is 1. The van der Waals surface area contributed by atoms with Crippen LogP contribution in [0.1, 0.15) is 49.0 Å². The second-order valence-corrected chi connectivity index (χ2v) is 6.26. The SMILES string of the molecule is CCc1cnc(C(C)NCC2CCC(F)(F)C2)s1. The summed E-state index contributed by atoms with van der Waals surface area (Å²) in [6.07, 6.45) is 3.61. The molecule has 0 amide bonds. The van der Waals surface area contributed by atoms with Gasteiger partial charge < -0.3 is 5.32 Å². The van der Waals surface area contributed by atoms with Crippen molar-refractivity contribution in [3.05, 3.63) is 16.1 Å². The van der Waals surface area contributed by atoms with E-state index in [2.05, 4.69) is 17.2 Å². The maximum Gasteiger partial charge on any atom is 0.248 e. The maximum absolute atomic E-state index is 13.1. The molecule has 0 radical (unpaired) electrons. The van der Waals surface area contributed by atoms with E-state index in [1.807, 2.05) is 13.1 Å². The highest BCUT2D eigenvalue weighted by atomic mass is 32.1. The van der Waals surface area contributed by atoms with E-state index in [-0.39, 0.29) is 24.8 Å². The number of hydrogen-bond donors (Lipinski definition) is 1. The van der Waals surface area contributed by atoms with E-state index in [0.29, 0.717) is 13.0 Å². The van der Waals surface area contributed by atoms with Crippen molar-refractivity contribution >= 4 is 11.3 Å². The van der Waals surface area contributed by atoms with Crippen molar-refractivity contribution < 1.29 is 8.78 Å². The fraction of sp³-hybridized carbons (Fsp3) is 0.769. The monoisotopic (exact) mass is 274 g/mol. The van der Waals surface area contributed by atoms with Gasteiger partial charge in [0.05, 0.1) is 6.04 Å². The molecule has 0 spiro atoms. The minimum atomic E-state index is -2.44. The van der Waals surface area contributed by atoms with Gasteiger partial charge in [-0.15, -0.1) is 11.3 Å². The Bertz CT molecular complexity index is 392. The minimum absolute atomic E-state index is 0.0325. The summed E-state index contributed by atoms with van der Waals surface area (Å²) in [6.45, 7) is 4.82. The number of rotatable bonds is 5. The Kier molecular flexibility index (Phi) is 4.33. The predicted molar refractivity (Wildman–Crippen MR) is 70.2 cm³/mol. The summed E-state index contributed by atoms with van der Waals surface area (Å²) in [6, 6.07) is 0.157. The van der Waals surface area contributed by atoms with Crippen LogP contribution >= 0.6 is 11.3 Å². The van der Waals surface area contributed by atoms with Crippen LogP contribution in [0.15, 0.2) is 6.20 Å². The summed E-state index contributed by atoms with van der Waals surface area (Å²) in [7, 11) is 0. The Hall–Kier alpha value is -0.550. The Morgan fingerprint density at radius 2 is 2.39 bits per heavy atom. The molecule has 2 nitrogen and oxygen atoms in total. The van der Waals surface area contributed by atoms with Crippen LogP contribution in [0.3, 0.4) is 0 Å². The van der Waals surface area contributed by atoms with E-state index in [0.717, 1.165) is 11.4 Å². The van der Waals surface area contributed by atoms with Gasteiger partial charge in [-0.05, 0) is 32.2 Å². The lowest BCUT2D eigenvalue weighted by Gasteiger charge is -2.15. The van der Waals surface area contributed by atoms with Crippen molar-refractivity contribution in [3.8, 4) is 0 Å². The molecule has 5 heteroatoms. The van der Waals surface area contributed by atoms with Crippen LogP contribution < -0.4 is 5.32 Å². The first-order valence-electron chi connectivity index (χ1n) is 6.56. The van der Waals surface area contributed by atoms with Gasteiger partial charge in [-0.1, -0.05) is 6.92 Å². The fourth-order valence-corrected chi connectivity index (χ4v) is 3.22. The van der Waals surface area contributed by atoms with E-state index >= 15 is 0 Å². The van der Waals surface area contributed by atoms with Gasteiger partial charge in [0.1, 0.15) is 5.01 Å². The smallest absolute Gasteiger partial charge is 0.248 e. The molecule has 102 valence electrons. The number of hydrogen-bond acceptors (Lipinski definition) is 3. The normalized spacial score (nSPS) is 24.3. The first-order valence-corrected chi connectivity index (χ1v) is 7.37. The maximum atomic E-state index is 13.1. The first-order chi connectivity index (χ1) is 8.50. The van der Waals surface area contributed by atoms with Crippen molar-refractivity contribution in [2.45, 2.75) is 51.5 Å². The molecule has 1 fully saturated rings. The lowest BCUT2D eigenvalue weighted by atomic mass is 10.1. The van der Waals surface area contributed by atoms with Crippen LogP contribution in [0.4, 0.5) is 8.78 Å². The zero-order valence-corrected chi connectivity index (χ0v) is 11.7. The lowest BCUT2D eigenvalue weighted by molar-refractivity contribution is 0.00500. The van der Waals surface area contributed by atoms with Gasteiger partial charge in [0.2, 0.25) is 5.92 Å². The van der Waals surface area contributed by atoms with Gasteiger partial charge in [0.15, 0.2) is 0 Å². The Balaban J connectivity index is 1.80. The summed E-state index contributed by atoms with van der Waals surface area (Å²) in [4.78, 5) is 5.64. The van der Waals surface area contributed by atoms with Gasteiger partial charge in [-0.25, -0.2) is 13.8 Å². The molecule has 2 atom stereocenters. The number of nitrogens with one attached hydrogen (secondary N) is 1. The zero-order chi connectivity index (χ0) is 13.2. The summed E-state index contributed by atoms with van der Waals surface area (Å²) in [5.41, 5.74) is 0. The van der Waals surface area contributed by atoms with Crippen LogP contribution in [0.2, 0.25) is 0 Å². The Morgan fingerprint density at radius 3 is 2.94 bits per heavy atom. The van der Waals surface area contributed by atoms with Gasteiger partial charge in [0, 0.05) is 23.9 Å². The molecule has 2 rings (SSSR count). The Labute approximate surface area is 111 Å². The number of aromatic nitrogens is 1. The van der Waals surface area contributed by atoms with Gasteiger partial charge >= 0.3 is 0 Å². The van der Waals surface area contributed by atoms with Crippen molar-refractivity contribution in [3.63, 3.8) is 0 Å². The number of thiazole rings is 1. The highest BCUT2D eigenvalue weighted by molar-refractivity contribution is 7.11. The fourth-order valence-electron chi connectivity index (χ4n) is 2.33.